The van der Waals surface area contributed by atoms with Crippen molar-refractivity contribution in [3.05, 3.63) is 91.3 Å². The van der Waals surface area contributed by atoms with Gasteiger partial charge in [-0.1, -0.05) is 72.8 Å². The van der Waals surface area contributed by atoms with Gasteiger partial charge in [0.25, 0.3) is 0 Å². The number of aromatic nitrogens is 2. The number of rotatable bonds is 4. The first-order valence-electron chi connectivity index (χ1n) is 9.30. The van der Waals surface area contributed by atoms with Gasteiger partial charge >= 0.3 is 7.69 Å². The molecule has 5 aromatic rings. The van der Waals surface area contributed by atoms with Crippen molar-refractivity contribution in [1.29, 1.82) is 0 Å². The number of nitrogens with zero attached hydrogens (tertiary/aromatic N) is 2. The zero-order valence-corrected chi connectivity index (χ0v) is 15.5. The van der Waals surface area contributed by atoms with Crippen molar-refractivity contribution in [3.63, 3.8) is 0 Å². The number of fused-ring (bicyclic) bond motifs is 2. The number of hydrogen-bond acceptors (Lipinski definition) is 4. The molecule has 29 heavy (non-hydrogen) atoms. The molecule has 1 heterocycles. The van der Waals surface area contributed by atoms with E-state index in [0.717, 1.165) is 45.9 Å². The maximum Gasteiger partial charge on any atom is 0.569 e. The van der Waals surface area contributed by atoms with E-state index in [1.165, 1.54) is 0 Å². The average molecular weight is 375 g/mol. The zero-order chi connectivity index (χ0) is 19.6. The molecular formula is C24H16BN2O2. The van der Waals surface area contributed by atoms with E-state index in [2.05, 4.69) is 34.2 Å². The van der Waals surface area contributed by atoms with Gasteiger partial charge in [-0.15, -0.1) is 0 Å². The van der Waals surface area contributed by atoms with Crippen molar-refractivity contribution in [2.45, 2.75) is 0 Å². The summed E-state index contributed by atoms with van der Waals surface area (Å²) in [5.41, 5.74) is 3.19. The Kier molecular flexibility index (Phi) is 4.43. The molecule has 5 heteroatoms. The van der Waals surface area contributed by atoms with Gasteiger partial charge in [0.2, 0.25) is 0 Å². The van der Waals surface area contributed by atoms with Crippen LogP contribution in [0.3, 0.4) is 0 Å². The standard InChI is InChI=1S/C24H16BN2O2/c28-25-29-23-20-8-3-1-6-18(20)22(19-7-2-4-9-21(19)23)16-10-12-17(13-11-16)24-26-14-5-15-27-24/h1-15,28H. The van der Waals surface area contributed by atoms with Crippen molar-refractivity contribution in [2.75, 3.05) is 0 Å². The highest BCUT2D eigenvalue weighted by Gasteiger charge is 2.16. The number of benzene rings is 4. The molecule has 4 nitrogen and oxygen atoms in total. The Morgan fingerprint density at radius 2 is 1.14 bits per heavy atom. The molecule has 1 N–H and O–H groups in total. The van der Waals surface area contributed by atoms with Crippen LogP contribution in [0.25, 0.3) is 44.1 Å². The molecule has 0 saturated heterocycles. The van der Waals surface area contributed by atoms with Gasteiger partial charge in [0, 0.05) is 28.7 Å². The van der Waals surface area contributed by atoms with Crippen LogP contribution in [0.5, 0.6) is 5.75 Å². The maximum absolute atomic E-state index is 9.30. The highest BCUT2D eigenvalue weighted by Crippen LogP contribution is 2.43. The van der Waals surface area contributed by atoms with Crippen LogP contribution < -0.4 is 4.65 Å². The Bertz CT molecular complexity index is 1250. The Hall–Kier alpha value is -3.70. The summed E-state index contributed by atoms with van der Waals surface area (Å²) in [7, 11) is 0.739. The van der Waals surface area contributed by atoms with Gasteiger partial charge in [-0.2, -0.15) is 0 Å². The van der Waals surface area contributed by atoms with Gasteiger partial charge in [-0.25, -0.2) is 9.97 Å². The molecule has 0 spiro atoms. The monoisotopic (exact) mass is 375 g/mol. The largest absolute Gasteiger partial charge is 0.569 e. The van der Waals surface area contributed by atoms with E-state index in [0.29, 0.717) is 11.6 Å². The fraction of sp³-hybridized carbons (Fsp3) is 0. The van der Waals surface area contributed by atoms with Crippen LogP contribution >= 0.6 is 0 Å². The fourth-order valence-electron chi connectivity index (χ4n) is 3.81. The van der Waals surface area contributed by atoms with Gasteiger partial charge in [-0.3, -0.25) is 0 Å². The van der Waals surface area contributed by atoms with Crippen molar-refractivity contribution in [2.24, 2.45) is 0 Å². The lowest BCUT2D eigenvalue weighted by Crippen LogP contribution is -2.02. The first kappa shape index (κ1) is 17.4. The molecular weight excluding hydrogens is 359 g/mol. The summed E-state index contributed by atoms with van der Waals surface area (Å²) in [6, 6.07) is 26.2. The lowest BCUT2D eigenvalue weighted by molar-refractivity contribution is 0.459. The average Bonchev–Trinajstić information content (AvgIpc) is 2.80. The second-order valence-electron chi connectivity index (χ2n) is 6.67. The topological polar surface area (TPSA) is 55.2 Å². The van der Waals surface area contributed by atoms with Crippen molar-refractivity contribution in [1.82, 2.24) is 9.97 Å². The molecule has 0 aliphatic heterocycles. The minimum absolute atomic E-state index is 0.650. The highest BCUT2D eigenvalue weighted by molar-refractivity contribution is 6.22. The van der Waals surface area contributed by atoms with Crippen LogP contribution in [0, 0.1) is 0 Å². The molecule has 0 atom stereocenters. The predicted molar refractivity (Wildman–Crippen MR) is 117 cm³/mol. The molecule has 4 aromatic carbocycles. The minimum Gasteiger partial charge on any atom is -0.537 e. The van der Waals surface area contributed by atoms with Crippen LogP contribution in [-0.2, 0) is 0 Å². The highest BCUT2D eigenvalue weighted by atomic mass is 16.5. The van der Waals surface area contributed by atoms with Gasteiger partial charge in [0.15, 0.2) is 5.82 Å². The van der Waals surface area contributed by atoms with Crippen molar-refractivity contribution in [3.8, 4) is 28.3 Å². The molecule has 137 valence electrons. The second kappa shape index (κ2) is 7.38. The van der Waals surface area contributed by atoms with Crippen LogP contribution in [0.15, 0.2) is 91.3 Å². The van der Waals surface area contributed by atoms with E-state index in [1.54, 1.807) is 12.4 Å². The summed E-state index contributed by atoms with van der Waals surface area (Å²) in [5, 5.41) is 13.3. The molecule has 1 radical (unpaired) electrons. The molecule has 0 aliphatic carbocycles. The summed E-state index contributed by atoms with van der Waals surface area (Å²) in [6.45, 7) is 0. The Balaban J connectivity index is 1.77. The van der Waals surface area contributed by atoms with Crippen molar-refractivity contribution >= 4 is 29.2 Å². The van der Waals surface area contributed by atoms with E-state index < -0.39 is 0 Å². The summed E-state index contributed by atoms with van der Waals surface area (Å²) >= 11 is 0. The maximum atomic E-state index is 9.30. The van der Waals surface area contributed by atoms with Crippen LogP contribution in [0.2, 0.25) is 0 Å². The van der Waals surface area contributed by atoms with Gasteiger partial charge in [0.05, 0.1) is 0 Å². The third kappa shape index (κ3) is 3.02. The van der Waals surface area contributed by atoms with E-state index in [1.807, 2.05) is 54.6 Å². The summed E-state index contributed by atoms with van der Waals surface area (Å²) in [6.07, 6.45) is 3.49. The van der Waals surface area contributed by atoms with Crippen LogP contribution in [0.1, 0.15) is 0 Å². The SMILES string of the molecule is O[B]Oc1c2ccccc2c(-c2ccc(-c3ncccn3)cc2)c2ccccc12. The van der Waals surface area contributed by atoms with E-state index in [9.17, 15) is 5.02 Å². The zero-order valence-electron chi connectivity index (χ0n) is 15.5. The Morgan fingerprint density at radius 3 is 1.69 bits per heavy atom. The van der Waals surface area contributed by atoms with Gasteiger partial charge in [-0.05, 0) is 28.0 Å². The lowest BCUT2D eigenvalue weighted by atomic mass is 9.90. The molecule has 1 aromatic heterocycles. The molecule has 0 fully saturated rings. The number of hydrogen-bond donors (Lipinski definition) is 1. The van der Waals surface area contributed by atoms with Crippen LogP contribution in [-0.4, -0.2) is 22.7 Å². The lowest BCUT2D eigenvalue weighted by Gasteiger charge is -2.17. The summed E-state index contributed by atoms with van der Waals surface area (Å²) in [5.74, 6) is 1.35. The third-order valence-corrected chi connectivity index (χ3v) is 5.05. The molecule has 0 saturated carbocycles. The minimum atomic E-state index is 0.650. The smallest absolute Gasteiger partial charge is 0.537 e. The Labute approximate surface area is 168 Å². The quantitative estimate of drug-likeness (QED) is 0.354. The first-order valence-corrected chi connectivity index (χ1v) is 9.30. The van der Waals surface area contributed by atoms with Crippen LogP contribution in [0.4, 0.5) is 0 Å². The molecule has 5 rings (SSSR count). The molecule has 0 bridgehead atoms. The summed E-state index contributed by atoms with van der Waals surface area (Å²) < 4.78 is 5.51. The first-order chi connectivity index (χ1) is 14.4. The predicted octanol–water partition coefficient (Wildman–Crippen LogP) is 5.02. The van der Waals surface area contributed by atoms with Crippen molar-refractivity contribution < 1.29 is 9.68 Å². The molecule has 0 unspecified atom stereocenters. The molecule has 0 aliphatic rings. The third-order valence-electron chi connectivity index (χ3n) is 5.05. The summed E-state index contributed by atoms with van der Waals surface area (Å²) in [4.78, 5) is 8.66. The van der Waals surface area contributed by atoms with E-state index in [4.69, 9.17) is 4.65 Å². The molecule has 0 amide bonds. The van der Waals surface area contributed by atoms with E-state index >= 15 is 0 Å². The normalized spacial score (nSPS) is 10.9. The Morgan fingerprint density at radius 1 is 0.621 bits per heavy atom. The van der Waals surface area contributed by atoms with Gasteiger partial charge in [0.1, 0.15) is 5.75 Å². The second-order valence-corrected chi connectivity index (χ2v) is 6.67. The van der Waals surface area contributed by atoms with Gasteiger partial charge < -0.3 is 9.68 Å². The fourth-order valence-corrected chi connectivity index (χ4v) is 3.81. The van der Waals surface area contributed by atoms with E-state index in [-0.39, 0.29) is 0 Å².